The van der Waals surface area contributed by atoms with Crippen LogP contribution in [0.25, 0.3) is 0 Å². The van der Waals surface area contributed by atoms with Gasteiger partial charge in [0.2, 0.25) is 23.6 Å². The van der Waals surface area contributed by atoms with Crippen LogP contribution in [0.4, 0.5) is 4.79 Å². The Hall–Kier alpha value is -4.24. The van der Waals surface area contributed by atoms with E-state index in [1.54, 1.807) is 66.0 Å². The minimum absolute atomic E-state index is 0.0528. The first-order valence-electron chi connectivity index (χ1n) is 18.6. The Morgan fingerprint density at radius 1 is 0.815 bits per heavy atom. The molecule has 2 rings (SSSR count). The molecule has 5 amide bonds. The van der Waals surface area contributed by atoms with Crippen molar-refractivity contribution in [1.29, 1.82) is 0 Å². The lowest BCUT2D eigenvalue weighted by molar-refractivity contribution is -0.133. The van der Waals surface area contributed by atoms with Crippen molar-refractivity contribution < 1.29 is 38.6 Å². The van der Waals surface area contributed by atoms with Gasteiger partial charge in [-0.3, -0.25) is 19.2 Å². The summed E-state index contributed by atoms with van der Waals surface area (Å²) in [5.41, 5.74) is 0.815. The van der Waals surface area contributed by atoms with Crippen LogP contribution in [-0.4, -0.2) is 89.8 Å². The first-order chi connectivity index (χ1) is 25.2. The van der Waals surface area contributed by atoms with E-state index in [4.69, 9.17) is 9.47 Å². The molecule has 0 aliphatic rings. The minimum Gasteiger partial charge on any atom is -0.497 e. The number of methoxy groups -OCH3 is 1. The molecule has 2 aromatic rings. The number of thiazole rings is 1. The predicted molar refractivity (Wildman–Crippen MR) is 209 cm³/mol. The van der Waals surface area contributed by atoms with Crippen molar-refractivity contribution >= 4 is 41.1 Å². The quantitative estimate of drug-likeness (QED) is 0.116. The molecule has 0 spiro atoms. The van der Waals surface area contributed by atoms with Crippen LogP contribution in [0, 0.1) is 30.6 Å². The first-order valence-corrected chi connectivity index (χ1v) is 19.4. The van der Waals surface area contributed by atoms with Gasteiger partial charge in [0.15, 0.2) is 0 Å². The van der Waals surface area contributed by atoms with Crippen LogP contribution in [0.15, 0.2) is 29.6 Å². The number of ether oxygens (including phenoxy) is 2. The number of aryl methyl sites for hydroxylation is 1. The molecule has 0 radical (unpaired) electrons. The van der Waals surface area contributed by atoms with Crippen molar-refractivity contribution in [2.24, 2.45) is 23.7 Å². The first kappa shape index (κ1) is 45.9. The molecule has 1 aromatic carbocycles. The van der Waals surface area contributed by atoms with Gasteiger partial charge in [0.05, 0.1) is 30.8 Å². The fourth-order valence-electron chi connectivity index (χ4n) is 5.33. The number of aliphatic hydroxyl groups is 1. The van der Waals surface area contributed by atoms with Gasteiger partial charge in [0.1, 0.15) is 23.4 Å². The van der Waals surface area contributed by atoms with Crippen molar-refractivity contribution in [2.45, 2.75) is 118 Å². The summed E-state index contributed by atoms with van der Waals surface area (Å²) in [4.78, 5) is 70.7. The van der Waals surface area contributed by atoms with Gasteiger partial charge in [-0.05, 0) is 70.1 Å². The van der Waals surface area contributed by atoms with Crippen molar-refractivity contribution in [1.82, 2.24) is 31.6 Å². The SMILES string of the molecule is COc1ccc(CC(NC(=O)C(CNC(=O)OC(C)(C)C)NC(=O)C(C)Cc2nc(C)cs2)C(O)CC(C)C(=O)NC(C(=O)NCC(C)C)C(C)C)cc1. The number of alkyl carbamates (subject to hydrolysis) is 1. The fourth-order valence-corrected chi connectivity index (χ4v) is 6.24. The summed E-state index contributed by atoms with van der Waals surface area (Å²) >= 11 is 1.44. The molecule has 54 heavy (non-hydrogen) atoms. The second-order valence-corrected chi connectivity index (χ2v) is 16.6. The number of nitrogens with zero attached hydrogens (tertiary/aromatic N) is 1. The molecule has 0 saturated heterocycles. The van der Waals surface area contributed by atoms with E-state index in [-0.39, 0.29) is 37.1 Å². The number of nitrogens with one attached hydrogen (secondary N) is 5. The number of rotatable bonds is 20. The topological polar surface area (TPSA) is 197 Å². The van der Waals surface area contributed by atoms with E-state index in [1.165, 1.54) is 11.3 Å². The third kappa shape index (κ3) is 16.4. The van der Waals surface area contributed by atoms with E-state index in [1.807, 2.05) is 40.0 Å². The zero-order valence-corrected chi connectivity index (χ0v) is 34.5. The Kier molecular flexibility index (Phi) is 18.4. The highest BCUT2D eigenvalue weighted by Crippen LogP contribution is 2.19. The van der Waals surface area contributed by atoms with Crippen LogP contribution in [0.5, 0.6) is 5.75 Å². The van der Waals surface area contributed by atoms with Crippen LogP contribution >= 0.6 is 11.3 Å². The van der Waals surface area contributed by atoms with Gasteiger partial charge in [0, 0.05) is 35.9 Å². The van der Waals surface area contributed by atoms with E-state index in [2.05, 4.69) is 31.6 Å². The summed E-state index contributed by atoms with van der Waals surface area (Å²) in [5, 5.41) is 28.2. The van der Waals surface area contributed by atoms with Crippen molar-refractivity contribution in [3.05, 3.63) is 45.9 Å². The zero-order valence-electron chi connectivity index (χ0n) is 33.7. The summed E-state index contributed by atoms with van der Waals surface area (Å²) < 4.78 is 10.6. The number of aromatic nitrogens is 1. The Bertz CT molecular complexity index is 1520. The van der Waals surface area contributed by atoms with Crippen molar-refractivity contribution in [2.75, 3.05) is 20.2 Å². The van der Waals surface area contributed by atoms with Gasteiger partial charge in [-0.1, -0.05) is 53.7 Å². The summed E-state index contributed by atoms with van der Waals surface area (Å²) in [6.45, 7) is 18.2. The molecule has 0 saturated carbocycles. The van der Waals surface area contributed by atoms with E-state index >= 15 is 0 Å². The van der Waals surface area contributed by atoms with Gasteiger partial charge < -0.3 is 41.2 Å². The largest absolute Gasteiger partial charge is 0.497 e. The number of aliphatic hydroxyl groups excluding tert-OH is 1. The molecule has 6 unspecified atom stereocenters. The van der Waals surface area contributed by atoms with Crippen LogP contribution in [-0.2, 0) is 36.8 Å². The van der Waals surface area contributed by atoms with E-state index in [0.717, 1.165) is 16.3 Å². The van der Waals surface area contributed by atoms with Crippen LogP contribution in [0.2, 0.25) is 0 Å². The molecule has 15 heteroatoms. The van der Waals surface area contributed by atoms with Gasteiger partial charge >= 0.3 is 6.09 Å². The van der Waals surface area contributed by atoms with E-state index < -0.39 is 65.5 Å². The highest BCUT2D eigenvalue weighted by Gasteiger charge is 2.32. The number of benzene rings is 1. The summed E-state index contributed by atoms with van der Waals surface area (Å²) in [6.07, 6.45) is -1.53. The number of hydrogen-bond acceptors (Lipinski definition) is 10. The Morgan fingerprint density at radius 2 is 1.44 bits per heavy atom. The maximum Gasteiger partial charge on any atom is 0.407 e. The second kappa shape index (κ2) is 21.6. The Balaban J connectivity index is 2.31. The minimum atomic E-state index is -1.24. The Labute approximate surface area is 324 Å². The number of carbonyl (C=O) groups is 5. The van der Waals surface area contributed by atoms with Gasteiger partial charge in [-0.2, -0.15) is 0 Å². The van der Waals surface area contributed by atoms with Crippen LogP contribution in [0.3, 0.4) is 0 Å². The molecule has 6 atom stereocenters. The lowest BCUT2D eigenvalue weighted by Gasteiger charge is -2.30. The zero-order chi connectivity index (χ0) is 40.7. The highest BCUT2D eigenvalue weighted by atomic mass is 32.1. The monoisotopic (exact) mass is 774 g/mol. The number of amides is 5. The Morgan fingerprint density at radius 3 is 1.98 bits per heavy atom. The maximum atomic E-state index is 14.0. The van der Waals surface area contributed by atoms with E-state index in [9.17, 15) is 29.1 Å². The molecule has 0 fully saturated rings. The summed E-state index contributed by atoms with van der Waals surface area (Å²) in [6, 6.07) is 4.18. The van der Waals surface area contributed by atoms with E-state index in [0.29, 0.717) is 18.7 Å². The van der Waals surface area contributed by atoms with Gasteiger partial charge in [-0.15, -0.1) is 11.3 Å². The van der Waals surface area contributed by atoms with Gasteiger partial charge in [-0.25, -0.2) is 9.78 Å². The second-order valence-electron chi connectivity index (χ2n) is 15.7. The fraction of sp³-hybridized carbons (Fsp3) is 0.641. The van der Waals surface area contributed by atoms with Gasteiger partial charge in [0.25, 0.3) is 0 Å². The van der Waals surface area contributed by atoms with Crippen LogP contribution in [0.1, 0.15) is 85.0 Å². The predicted octanol–water partition coefficient (Wildman–Crippen LogP) is 3.68. The standard InChI is InChI=1S/C39H62N6O8S/c1-22(2)19-40-37(50)33(23(3)4)45-35(48)24(5)16-31(46)29(18-27-12-14-28(52-11)15-13-27)43-36(49)30(20-41-38(51)53-39(8,9)10)44-34(47)25(6)17-32-42-26(7)21-54-32/h12-15,21-25,29-31,33,46H,16-20H2,1-11H3,(H,40,50)(H,41,51)(H,43,49)(H,44,47)(H,45,48). The molecule has 0 aliphatic carbocycles. The average Bonchev–Trinajstić information content (AvgIpc) is 3.50. The highest BCUT2D eigenvalue weighted by molar-refractivity contribution is 7.09. The summed E-state index contributed by atoms with van der Waals surface area (Å²) in [7, 11) is 1.55. The average molecular weight is 775 g/mol. The lowest BCUT2D eigenvalue weighted by Crippen LogP contribution is -2.58. The van der Waals surface area contributed by atoms with Crippen molar-refractivity contribution in [3.8, 4) is 5.75 Å². The molecule has 0 bridgehead atoms. The smallest absolute Gasteiger partial charge is 0.407 e. The van der Waals surface area contributed by atoms with Crippen molar-refractivity contribution in [3.63, 3.8) is 0 Å². The van der Waals surface area contributed by atoms with Crippen LogP contribution < -0.4 is 31.3 Å². The molecular weight excluding hydrogens is 713 g/mol. The molecule has 6 N–H and O–H groups in total. The molecule has 302 valence electrons. The molecule has 0 aliphatic heterocycles. The third-order valence-corrected chi connectivity index (χ3v) is 9.45. The number of carbonyl (C=O) groups excluding carboxylic acids is 5. The number of hydrogen-bond donors (Lipinski definition) is 6. The molecule has 14 nitrogen and oxygen atoms in total. The summed E-state index contributed by atoms with van der Waals surface area (Å²) in [5.74, 6) is -2.40. The molecular formula is C39H62N6O8S. The molecule has 1 aromatic heterocycles. The molecule has 1 heterocycles. The normalized spacial score (nSPS) is 14.9. The lowest BCUT2D eigenvalue weighted by atomic mass is 9.92. The third-order valence-electron chi connectivity index (χ3n) is 8.46. The maximum absolute atomic E-state index is 14.0.